The van der Waals surface area contributed by atoms with E-state index in [1.54, 1.807) is 4.31 Å². The molecule has 0 aromatic heterocycles. The van der Waals surface area contributed by atoms with E-state index < -0.39 is 10.0 Å². The predicted octanol–water partition coefficient (Wildman–Crippen LogP) is 1.45. The molecule has 2 aliphatic rings. The fourth-order valence-corrected chi connectivity index (χ4v) is 5.00. The van der Waals surface area contributed by atoms with Gasteiger partial charge in [0.25, 0.3) is 0 Å². The number of thioether (sulfide) groups is 1. The van der Waals surface area contributed by atoms with Crippen LogP contribution in [0.1, 0.15) is 11.5 Å². The Kier molecular flexibility index (Phi) is 4.08. The van der Waals surface area contributed by atoms with Crippen LogP contribution in [0.25, 0.3) is 0 Å². The molecule has 0 N–H and O–H groups in total. The maximum atomic E-state index is 11.5. The Morgan fingerprint density at radius 1 is 1.20 bits per heavy atom. The van der Waals surface area contributed by atoms with E-state index in [4.69, 9.17) is 0 Å². The molecular weight excluding hydrogens is 292 g/mol. The third-order valence-electron chi connectivity index (χ3n) is 4.08. The van der Waals surface area contributed by atoms with E-state index in [1.165, 1.54) is 16.7 Å². The minimum Gasteiger partial charge on any atom is -0.300 e. The summed E-state index contributed by atoms with van der Waals surface area (Å²) in [7, 11) is -3.02. The molecule has 1 aromatic carbocycles. The first kappa shape index (κ1) is 14.4. The van der Waals surface area contributed by atoms with Gasteiger partial charge in [-0.05, 0) is 11.6 Å². The SMILES string of the molecule is CS(=O)(=O)N1CCN(CC2CSc3ccccc32)CC1. The lowest BCUT2D eigenvalue weighted by molar-refractivity contribution is 0.182. The van der Waals surface area contributed by atoms with E-state index in [9.17, 15) is 8.42 Å². The Hall–Kier alpha value is -0.560. The van der Waals surface area contributed by atoms with Crippen molar-refractivity contribution in [2.45, 2.75) is 10.8 Å². The van der Waals surface area contributed by atoms with Gasteiger partial charge in [0.15, 0.2) is 0 Å². The molecule has 2 heterocycles. The van der Waals surface area contributed by atoms with E-state index >= 15 is 0 Å². The van der Waals surface area contributed by atoms with Crippen LogP contribution in [0.15, 0.2) is 29.2 Å². The summed E-state index contributed by atoms with van der Waals surface area (Å²) in [4.78, 5) is 3.81. The monoisotopic (exact) mass is 312 g/mol. The van der Waals surface area contributed by atoms with Crippen molar-refractivity contribution in [3.05, 3.63) is 29.8 Å². The third kappa shape index (κ3) is 3.03. The van der Waals surface area contributed by atoms with Gasteiger partial charge >= 0.3 is 0 Å². The van der Waals surface area contributed by atoms with Crippen LogP contribution in [0, 0.1) is 0 Å². The van der Waals surface area contributed by atoms with Crippen molar-refractivity contribution in [1.29, 1.82) is 0 Å². The van der Waals surface area contributed by atoms with Crippen LogP contribution >= 0.6 is 11.8 Å². The van der Waals surface area contributed by atoms with E-state index in [0.717, 1.165) is 25.4 Å². The van der Waals surface area contributed by atoms with E-state index in [2.05, 4.69) is 29.2 Å². The van der Waals surface area contributed by atoms with Crippen molar-refractivity contribution in [3.8, 4) is 0 Å². The normalized spacial score (nSPS) is 24.8. The van der Waals surface area contributed by atoms with Gasteiger partial charge in [0.1, 0.15) is 0 Å². The molecule has 110 valence electrons. The van der Waals surface area contributed by atoms with Crippen LogP contribution < -0.4 is 0 Å². The largest absolute Gasteiger partial charge is 0.300 e. The van der Waals surface area contributed by atoms with Crippen LogP contribution in [-0.2, 0) is 10.0 Å². The maximum absolute atomic E-state index is 11.5. The van der Waals surface area contributed by atoms with Gasteiger partial charge in [-0.25, -0.2) is 8.42 Å². The zero-order valence-electron chi connectivity index (χ0n) is 11.7. The van der Waals surface area contributed by atoms with Gasteiger partial charge in [-0.3, -0.25) is 0 Å². The summed E-state index contributed by atoms with van der Waals surface area (Å²) >= 11 is 1.94. The van der Waals surface area contributed by atoms with Gasteiger partial charge in [-0.2, -0.15) is 4.31 Å². The van der Waals surface area contributed by atoms with Crippen LogP contribution in [0.4, 0.5) is 0 Å². The molecule has 4 nitrogen and oxygen atoms in total. The molecule has 1 unspecified atom stereocenters. The molecule has 0 aliphatic carbocycles. The molecule has 1 atom stereocenters. The highest BCUT2D eigenvalue weighted by molar-refractivity contribution is 7.99. The number of rotatable bonds is 3. The molecule has 3 rings (SSSR count). The van der Waals surface area contributed by atoms with Gasteiger partial charge < -0.3 is 4.90 Å². The summed E-state index contributed by atoms with van der Waals surface area (Å²) in [5.41, 5.74) is 1.46. The summed E-state index contributed by atoms with van der Waals surface area (Å²) in [6.07, 6.45) is 1.30. The zero-order valence-corrected chi connectivity index (χ0v) is 13.3. The standard InChI is InChI=1S/C14H20N2O2S2/c1-20(17,18)16-8-6-15(7-9-16)10-12-11-19-14-5-3-2-4-13(12)14/h2-5,12H,6-11H2,1H3. The number of piperazine rings is 1. The number of fused-ring (bicyclic) bond motifs is 1. The minimum absolute atomic E-state index is 0.584. The Balaban J connectivity index is 1.59. The van der Waals surface area contributed by atoms with Crippen LogP contribution in [-0.4, -0.2) is 62.4 Å². The van der Waals surface area contributed by atoms with Gasteiger partial charge in [0, 0.05) is 49.3 Å². The first-order valence-electron chi connectivity index (χ1n) is 6.93. The predicted molar refractivity (Wildman–Crippen MR) is 82.8 cm³/mol. The summed E-state index contributed by atoms with van der Waals surface area (Å²) in [6.45, 7) is 3.98. The highest BCUT2D eigenvalue weighted by Gasteiger charge is 2.28. The van der Waals surface area contributed by atoms with Crippen molar-refractivity contribution in [2.24, 2.45) is 0 Å². The third-order valence-corrected chi connectivity index (χ3v) is 6.63. The molecule has 0 amide bonds. The topological polar surface area (TPSA) is 40.6 Å². The summed E-state index contributed by atoms with van der Waals surface area (Å²) in [5, 5.41) is 0. The van der Waals surface area contributed by atoms with Crippen molar-refractivity contribution < 1.29 is 8.42 Å². The number of sulfonamides is 1. The van der Waals surface area contributed by atoms with Crippen LogP contribution in [0.2, 0.25) is 0 Å². The fourth-order valence-electron chi connectivity index (χ4n) is 2.94. The zero-order chi connectivity index (χ0) is 14.2. The van der Waals surface area contributed by atoms with E-state index in [0.29, 0.717) is 19.0 Å². The van der Waals surface area contributed by atoms with Gasteiger partial charge in [-0.15, -0.1) is 11.8 Å². The average molecular weight is 312 g/mol. The molecular formula is C14H20N2O2S2. The van der Waals surface area contributed by atoms with E-state index in [-0.39, 0.29) is 0 Å². The molecule has 1 fully saturated rings. The fraction of sp³-hybridized carbons (Fsp3) is 0.571. The lowest BCUT2D eigenvalue weighted by Crippen LogP contribution is -2.49. The highest BCUT2D eigenvalue weighted by Crippen LogP contribution is 2.39. The van der Waals surface area contributed by atoms with E-state index in [1.807, 2.05) is 11.8 Å². The van der Waals surface area contributed by atoms with Gasteiger partial charge in [-0.1, -0.05) is 18.2 Å². The van der Waals surface area contributed by atoms with Crippen LogP contribution in [0.5, 0.6) is 0 Å². The summed E-state index contributed by atoms with van der Waals surface area (Å²) in [6, 6.07) is 8.63. The first-order valence-corrected chi connectivity index (χ1v) is 9.76. The second kappa shape index (κ2) is 5.67. The number of benzene rings is 1. The Labute approximate surface area is 125 Å². The molecule has 0 bridgehead atoms. The lowest BCUT2D eigenvalue weighted by Gasteiger charge is -2.34. The second-order valence-electron chi connectivity index (χ2n) is 5.51. The van der Waals surface area contributed by atoms with Crippen molar-refractivity contribution in [2.75, 3.05) is 44.7 Å². The smallest absolute Gasteiger partial charge is 0.211 e. The van der Waals surface area contributed by atoms with Crippen LogP contribution in [0.3, 0.4) is 0 Å². The molecule has 2 aliphatic heterocycles. The molecule has 20 heavy (non-hydrogen) atoms. The number of hydrogen-bond donors (Lipinski definition) is 0. The van der Waals surface area contributed by atoms with Gasteiger partial charge in [0.05, 0.1) is 6.26 Å². The minimum atomic E-state index is -3.02. The Morgan fingerprint density at radius 3 is 2.60 bits per heavy atom. The Bertz CT molecular complexity index is 581. The summed E-state index contributed by atoms with van der Waals surface area (Å²) in [5.74, 6) is 1.73. The van der Waals surface area contributed by atoms with Crippen molar-refractivity contribution in [3.63, 3.8) is 0 Å². The van der Waals surface area contributed by atoms with Crippen molar-refractivity contribution in [1.82, 2.24) is 9.21 Å². The maximum Gasteiger partial charge on any atom is 0.211 e. The van der Waals surface area contributed by atoms with Gasteiger partial charge in [0.2, 0.25) is 10.0 Å². The summed E-state index contributed by atoms with van der Waals surface area (Å²) < 4.78 is 24.6. The molecule has 0 radical (unpaired) electrons. The number of nitrogens with zero attached hydrogens (tertiary/aromatic N) is 2. The molecule has 1 saturated heterocycles. The molecule has 1 aromatic rings. The average Bonchev–Trinajstić information content (AvgIpc) is 2.82. The van der Waals surface area contributed by atoms with Crippen molar-refractivity contribution >= 4 is 21.8 Å². The lowest BCUT2D eigenvalue weighted by atomic mass is 10.0. The molecule has 0 spiro atoms. The second-order valence-corrected chi connectivity index (χ2v) is 8.55. The quantitative estimate of drug-likeness (QED) is 0.847. The first-order chi connectivity index (χ1) is 9.54. The molecule has 6 heteroatoms. The number of hydrogen-bond acceptors (Lipinski definition) is 4. The molecule has 0 saturated carbocycles. The Morgan fingerprint density at radius 2 is 1.90 bits per heavy atom. The highest BCUT2D eigenvalue weighted by atomic mass is 32.2.